The third kappa shape index (κ3) is 3.81. The van der Waals surface area contributed by atoms with Crippen molar-refractivity contribution >= 4 is 5.91 Å². The van der Waals surface area contributed by atoms with E-state index in [1.165, 1.54) is 19.1 Å². The number of aliphatic hydroxyl groups is 1. The van der Waals surface area contributed by atoms with Gasteiger partial charge in [0.2, 0.25) is 0 Å². The zero-order valence-corrected chi connectivity index (χ0v) is 12.1. The predicted molar refractivity (Wildman–Crippen MR) is 76.3 cm³/mol. The van der Waals surface area contributed by atoms with Gasteiger partial charge in [0.25, 0.3) is 5.91 Å². The number of amides is 1. The van der Waals surface area contributed by atoms with Crippen LogP contribution in [0.25, 0.3) is 0 Å². The number of benzene rings is 2. The Balaban J connectivity index is 2.15. The lowest BCUT2D eigenvalue weighted by Gasteiger charge is -2.21. The van der Waals surface area contributed by atoms with Crippen LogP contribution in [-0.4, -0.2) is 22.2 Å². The number of aliphatic hydroxyl groups excluding tert-OH is 1. The van der Waals surface area contributed by atoms with E-state index >= 15 is 0 Å². The van der Waals surface area contributed by atoms with Crippen LogP contribution in [0.4, 0.5) is 13.2 Å². The third-order valence-electron chi connectivity index (χ3n) is 3.31. The second-order valence-corrected chi connectivity index (χ2v) is 5.04. The molecule has 122 valence electrons. The van der Waals surface area contributed by atoms with Gasteiger partial charge in [-0.2, -0.15) is 0 Å². The molecule has 0 saturated heterocycles. The summed E-state index contributed by atoms with van der Waals surface area (Å²) in [7, 11) is 0. The Hall–Kier alpha value is -2.54. The van der Waals surface area contributed by atoms with Crippen LogP contribution in [0.3, 0.4) is 0 Å². The van der Waals surface area contributed by atoms with Crippen molar-refractivity contribution in [3.63, 3.8) is 0 Å². The van der Waals surface area contributed by atoms with Gasteiger partial charge in [0.15, 0.2) is 0 Å². The summed E-state index contributed by atoms with van der Waals surface area (Å²) in [6, 6.07) is 5.21. The first-order chi connectivity index (χ1) is 10.8. The minimum Gasteiger partial charge on any atom is -0.507 e. The highest BCUT2D eigenvalue weighted by atomic mass is 19.1. The van der Waals surface area contributed by atoms with Gasteiger partial charge >= 0.3 is 0 Å². The first kappa shape index (κ1) is 16.8. The monoisotopic (exact) mass is 325 g/mol. The second-order valence-electron chi connectivity index (χ2n) is 5.04. The highest BCUT2D eigenvalue weighted by Gasteiger charge is 2.23. The normalized spacial score (nSPS) is 13.4. The molecule has 7 heteroatoms. The van der Waals surface area contributed by atoms with E-state index in [2.05, 4.69) is 5.32 Å². The average molecular weight is 325 g/mol. The Kier molecular flexibility index (Phi) is 4.90. The molecule has 23 heavy (non-hydrogen) atoms. The molecule has 1 amide bonds. The minimum atomic E-state index is -1.22. The van der Waals surface area contributed by atoms with Gasteiger partial charge in [-0.3, -0.25) is 4.79 Å². The molecule has 0 bridgehead atoms. The largest absolute Gasteiger partial charge is 0.507 e. The molecule has 0 fully saturated rings. The Morgan fingerprint density at radius 1 is 1.09 bits per heavy atom. The molecule has 0 aromatic heterocycles. The van der Waals surface area contributed by atoms with E-state index in [0.717, 1.165) is 12.1 Å². The van der Waals surface area contributed by atoms with Crippen LogP contribution in [0.1, 0.15) is 28.9 Å². The SMILES string of the molecule is CC(NC(=O)c1c(O)cc(F)cc1F)C(O)c1ccc(F)cc1. The maximum atomic E-state index is 13.6. The van der Waals surface area contributed by atoms with E-state index in [4.69, 9.17) is 0 Å². The van der Waals surface area contributed by atoms with E-state index in [1.54, 1.807) is 0 Å². The van der Waals surface area contributed by atoms with Crippen LogP contribution >= 0.6 is 0 Å². The van der Waals surface area contributed by atoms with Crippen LogP contribution in [-0.2, 0) is 0 Å². The summed E-state index contributed by atoms with van der Waals surface area (Å²) < 4.78 is 39.4. The summed E-state index contributed by atoms with van der Waals surface area (Å²) in [6.07, 6.45) is -1.18. The van der Waals surface area contributed by atoms with E-state index < -0.39 is 46.8 Å². The van der Waals surface area contributed by atoms with Gasteiger partial charge in [-0.1, -0.05) is 12.1 Å². The standard InChI is InChI=1S/C16H14F3NO3/c1-8(15(22)9-2-4-10(17)5-3-9)20-16(23)14-12(19)6-11(18)7-13(14)21/h2-8,15,21-22H,1H3,(H,20,23). The number of carbonyl (C=O) groups is 1. The molecule has 0 aliphatic carbocycles. The third-order valence-corrected chi connectivity index (χ3v) is 3.31. The number of rotatable bonds is 4. The Morgan fingerprint density at radius 2 is 1.70 bits per heavy atom. The molecule has 0 heterocycles. The number of halogens is 3. The fourth-order valence-corrected chi connectivity index (χ4v) is 2.09. The highest BCUT2D eigenvalue weighted by Crippen LogP contribution is 2.23. The van der Waals surface area contributed by atoms with Crippen LogP contribution in [0.2, 0.25) is 0 Å². The summed E-state index contributed by atoms with van der Waals surface area (Å²) in [5, 5.41) is 21.9. The zero-order valence-electron chi connectivity index (χ0n) is 12.1. The van der Waals surface area contributed by atoms with Crippen molar-refractivity contribution in [3.8, 4) is 5.75 Å². The van der Waals surface area contributed by atoms with E-state index in [-0.39, 0.29) is 0 Å². The summed E-state index contributed by atoms with van der Waals surface area (Å²) in [6.45, 7) is 1.45. The molecule has 0 radical (unpaired) electrons. The molecule has 0 spiro atoms. The fraction of sp³-hybridized carbons (Fsp3) is 0.188. The molecule has 3 N–H and O–H groups in total. The van der Waals surface area contributed by atoms with Gasteiger partial charge in [-0.15, -0.1) is 0 Å². The summed E-state index contributed by atoms with van der Waals surface area (Å²) in [5.41, 5.74) is -0.368. The van der Waals surface area contributed by atoms with Crippen molar-refractivity contribution in [1.82, 2.24) is 5.32 Å². The summed E-state index contributed by atoms with van der Waals surface area (Å²) >= 11 is 0. The first-order valence-electron chi connectivity index (χ1n) is 6.72. The predicted octanol–water partition coefficient (Wildman–Crippen LogP) is 2.66. The molecular formula is C16H14F3NO3. The molecule has 0 saturated carbocycles. The number of carbonyl (C=O) groups excluding carboxylic acids is 1. The minimum absolute atomic E-state index is 0.350. The lowest BCUT2D eigenvalue weighted by Crippen LogP contribution is -2.37. The van der Waals surface area contributed by atoms with E-state index in [1.807, 2.05) is 0 Å². The topological polar surface area (TPSA) is 69.6 Å². The Bertz CT molecular complexity index is 696. The molecule has 2 aromatic carbocycles. The molecular weight excluding hydrogens is 311 g/mol. The highest BCUT2D eigenvalue weighted by molar-refractivity contribution is 5.97. The quantitative estimate of drug-likeness (QED) is 0.809. The van der Waals surface area contributed by atoms with Crippen molar-refractivity contribution < 1.29 is 28.2 Å². The smallest absolute Gasteiger partial charge is 0.258 e. The number of nitrogens with one attached hydrogen (secondary N) is 1. The average Bonchev–Trinajstić information content (AvgIpc) is 2.46. The van der Waals surface area contributed by atoms with Crippen LogP contribution in [0.15, 0.2) is 36.4 Å². The van der Waals surface area contributed by atoms with Crippen molar-refractivity contribution in [2.24, 2.45) is 0 Å². The van der Waals surface area contributed by atoms with Crippen LogP contribution in [0, 0.1) is 17.5 Å². The number of aromatic hydroxyl groups is 1. The lowest BCUT2D eigenvalue weighted by atomic mass is 10.0. The number of phenols is 1. The second kappa shape index (κ2) is 6.70. The maximum Gasteiger partial charge on any atom is 0.258 e. The summed E-state index contributed by atoms with van der Waals surface area (Å²) in [5.74, 6) is -4.56. The van der Waals surface area contributed by atoms with E-state index in [9.17, 15) is 28.2 Å². The van der Waals surface area contributed by atoms with Crippen LogP contribution < -0.4 is 5.32 Å². The van der Waals surface area contributed by atoms with E-state index in [0.29, 0.717) is 17.7 Å². The number of hydrogen-bond acceptors (Lipinski definition) is 3. The van der Waals surface area contributed by atoms with Gasteiger partial charge < -0.3 is 15.5 Å². The lowest BCUT2D eigenvalue weighted by molar-refractivity contribution is 0.0845. The van der Waals surface area contributed by atoms with Gasteiger partial charge in [0.1, 0.15) is 28.8 Å². The van der Waals surface area contributed by atoms with Crippen molar-refractivity contribution in [1.29, 1.82) is 0 Å². The van der Waals surface area contributed by atoms with Gasteiger partial charge in [0, 0.05) is 12.1 Å². The molecule has 2 unspecified atom stereocenters. The van der Waals surface area contributed by atoms with Crippen molar-refractivity contribution in [2.45, 2.75) is 19.1 Å². The first-order valence-corrected chi connectivity index (χ1v) is 6.72. The molecule has 4 nitrogen and oxygen atoms in total. The molecule has 2 rings (SSSR count). The maximum absolute atomic E-state index is 13.6. The number of phenolic OH excluding ortho intramolecular Hbond substituents is 1. The zero-order chi connectivity index (χ0) is 17.1. The van der Waals surface area contributed by atoms with Crippen molar-refractivity contribution in [2.75, 3.05) is 0 Å². The van der Waals surface area contributed by atoms with Crippen molar-refractivity contribution in [3.05, 3.63) is 65.0 Å². The molecule has 0 aliphatic heterocycles. The van der Waals surface area contributed by atoms with Crippen LogP contribution in [0.5, 0.6) is 5.75 Å². The Morgan fingerprint density at radius 3 is 2.26 bits per heavy atom. The number of hydrogen-bond donors (Lipinski definition) is 3. The fourth-order valence-electron chi connectivity index (χ4n) is 2.09. The molecule has 2 aromatic rings. The van der Waals surface area contributed by atoms with Gasteiger partial charge in [0.05, 0.1) is 12.1 Å². The summed E-state index contributed by atoms with van der Waals surface area (Å²) in [4.78, 5) is 12.0. The molecule has 0 aliphatic rings. The Labute approximate surface area is 130 Å². The van der Waals surface area contributed by atoms with Gasteiger partial charge in [-0.05, 0) is 24.6 Å². The van der Waals surface area contributed by atoms with Gasteiger partial charge in [-0.25, -0.2) is 13.2 Å². The molecule has 2 atom stereocenters.